The first-order valence-corrected chi connectivity index (χ1v) is 10.9. The second kappa shape index (κ2) is 9.37. The summed E-state index contributed by atoms with van der Waals surface area (Å²) in [5, 5.41) is 2.32. The normalized spacial score (nSPS) is 13.1. The molecule has 0 aliphatic rings. The molecule has 12 heteroatoms. The molecule has 1 unspecified atom stereocenters. The van der Waals surface area contributed by atoms with Crippen molar-refractivity contribution in [1.29, 1.82) is 0 Å². The number of sulfonamides is 1. The van der Waals surface area contributed by atoms with E-state index in [9.17, 15) is 18.0 Å². The van der Waals surface area contributed by atoms with E-state index in [1.807, 2.05) is 22.6 Å². The van der Waals surface area contributed by atoms with Crippen molar-refractivity contribution in [2.45, 2.75) is 44.2 Å². The summed E-state index contributed by atoms with van der Waals surface area (Å²) in [4.78, 5) is 23.9. The first-order chi connectivity index (χ1) is 11.9. The lowest BCUT2D eigenvalue weighted by Gasteiger charge is -2.23. The van der Waals surface area contributed by atoms with Crippen LogP contribution in [0.4, 0.5) is 4.79 Å². The van der Waals surface area contributed by atoms with E-state index in [2.05, 4.69) is 10.0 Å². The molecular weight excluding hydrogens is 494 g/mol. The maximum atomic E-state index is 12.4. The third-order valence-electron chi connectivity index (χ3n) is 2.70. The molecule has 0 aliphatic heterocycles. The highest BCUT2D eigenvalue weighted by Gasteiger charge is 2.28. The number of hydrogen-bond acceptors (Lipinski definition) is 7. The number of ether oxygens (including phenoxy) is 2. The third kappa shape index (κ3) is 7.41. The second-order valence-electron chi connectivity index (χ2n) is 6.09. The highest BCUT2D eigenvalue weighted by atomic mass is 127. The SMILES string of the molecule is [B]c1cc(S(=O)(=O)NCC(NC(=O)OC(C)(C)C)C(=O)OCC)c(I)s1. The third-order valence-corrected chi connectivity index (χ3v) is 6.64. The molecule has 1 amide bonds. The molecule has 2 radical (unpaired) electrons. The number of carbonyl (C=O) groups is 2. The number of nitrogens with one attached hydrogen (secondary N) is 2. The maximum Gasteiger partial charge on any atom is 0.408 e. The largest absolute Gasteiger partial charge is 0.464 e. The molecular formula is C14H20BIN2O6S2. The molecule has 1 heterocycles. The molecule has 0 saturated carbocycles. The van der Waals surface area contributed by atoms with Gasteiger partial charge < -0.3 is 14.8 Å². The van der Waals surface area contributed by atoms with E-state index in [0.29, 0.717) is 7.66 Å². The van der Waals surface area contributed by atoms with Crippen LogP contribution in [0.3, 0.4) is 0 Å². The molecule has 8 nitrogen and oxygen atoms in total. The van der Waals surface area contributed by atoms with Gasteiger partial charge in [0.25, 0.3) is 0 Å². The van der Waals surface area contributed by atoms with Crippen molar-refractivity contribution in [3.05, 3.63) is 8.95 Å². The van der Waals surface area contributed by atoms with Crippen LogP contribution >= 0.6 is 33.9 Å². The second-order valence-corrected chi connectivity index (χ2v) is 10.7. The Labute approximate surface area is 172 Å². The average Bonchev–Trinajstić information content (AvgIpc) is 2.81. The van der Waals surface area contributed by atoms with Crippen LogP contribution in [-0.2, 0) is 24.3 Å². The summed E-state index contributed by atoms with van der Waals surface area (Å²) in [5.74, 6) is -0.777. The van der Waals surface area contributed by atoms with Gasteiger partial charge in [-0.2, -0.15) is 0 Å². The van der Waals surface area contributed by atoms with Crippen LogP contribution in [0.25, 0.3) is 0 Å². The van der Waals surface area contributed by atoms with E-state index in [0.717, 1.165) is 11.3 Å². The Morgan fingerprint density at radius 1 is 1.38 bits per heavy atom. The fourth-order valence-electron chi connectivity index (χ4n) is 1.71. The van der Waals surface area contributed by atoms with Crippen LogP contribution < -0.4 is 14.8 Å². The minimum atomic E-state index is -3.91. The average molecular weight is 514 g/mol. The number of carbonyl (C=O) groups excluding carboxylic acids is 2. The van der Waals surface area contributed by atoms with Crippen molar-refractivity contribution in [1.82, 2.24) is 10.0 Å². The minimum absolute atomic E-state index is 0.0143. The molecule has 0 saturated heterocycles. The Morgan fingerprint density at radius 3 is 2.46 bits per heavy atom. The van der Waals surface area contributed by atoms with Crippen LogP contribution in [0.1, 0.15) is 27.7 Å². The van der Waals surface area contributed by atoms with Crippen molar-refractivity contribution < 1.29 is 27.5 Å². The van der Waals surface area contributed by atoms with E-state index < -0.39 is 40.3 Å². The molecule has 0 aliphatic carbocycles. The van der Waals surface area contributed by atoms with Gasteiger partial charge in [0.2, 0.25) is 10.0 Å². The summed E-state index contributed by atoms with van der Waals surface area (Å²) in [6.07, 6.45) is -0.857. The quantitative estimate of drug-likeness (QED) is 0.318. The van der Waals surface area contributed by atoms with Gasteiger partial charge in [-0.3, -0.25) is 0 Å². The van der Waals surface area contributed by atoms with Crippen molar-refractivity contribution in [3.63, 3.8) is 0 Å². The van der Waals surface area contributed by atoms with E-state index in [-0.39, 0.29) is 11.5 Å². The molecule has 0 bridgehead atoms. The van der Waals surface area contributed by atoms with Gasteiger partial charge in [-0.1, -0.05) is 0 Å². The number of amides is 1. The first kappa shape index (κ1) is 23.2. The fraction of sp³-hybridized carbons (Fsp3) is 0.571. The van der Waals surface area contributed by atoms with Gasteiger partial charge in [-0.25, -0.2) is 22.7 Å². The summed E-state index contributed by atoms with van der Waals surface area (Å²) in [6, 6.07) is 0.0864. The lowest BCUT2D eigenvalue weighted by atomic mass is 10.1. The van der Waals surface area contributed by atoms with E-state index in [1.54, 1.807) is 27.7 Å². The molecule has 144 valence electrons. The van der Waals surface area contributed by atoms with Crippen LogP contribution in [0.2, 0.25) is 0 Å². The number of esters is 1. The molecule has 0 spiro atoms. The maximum absolute atomic E-state index is 12.4. The Balaban J connectivity index is 2.87. The summed E-state index contributed by atoms with van der Waals surface area (Å²) < 4.78 is 37.9. The Hall–Kier alpha value is -0.855. The topological polar surface area (TPSA) is 111 Å². The number of thiophene rings is 1. The standard InChI is InChI=1S/C14H20BIN2O6S2/c1-5-23-12(19)8(18-13(20)24-14(2,3)4)7-17-26(21,22)9-6-10(15)25-11(9)16/h6,8,17H,5,7H2,1-4H3,(H,18,20). The van der Waals surface area contributed by atoms with Gasteiger partial charge in [-0.15, -0.1) is 11.3 Å². The summed E-state index contributed by atoms with van der Waals surface area (Å²) in [7, 11) is 1.71. The number of halogens is 1. The highest BCUT2D eigenvalue weighted by Crippen LogP contribution is 2.21. The van der Waals surface area contributed by atoms with Gasteiger partial charge in [0.05, 0.1) is 9.49 Å². The van der Waals surface area contributed by atoms with Crippen LogP contribution in [0, 0.1) is 2.88 Å². The van der Waals surface area contributed by atoms with Gasteiger partial charge in [0, 0.05) is 6.54 Å². The first-order valence-electron chi connectivity index (χ1n) is 7.56. The lowest BCUT2D eigenvalue weighted by molar-refractivity contribution is -0.145. The monoisotopic (exact) mass is 514 g/mol. The number of rotatable bonds is 7. The minimum Gasteiger partial charge on any atom is -0.464 e. The van der Waals surface area contributed by atoms with E-state index >= 15 is 0 Å². The molecule has 0 fully saturated rings. The zero-order chi connectivity index (χ0) is 20.1. The van der Waals surface area contributed by atoms with Crippen molar-refractivity contribution in [3.8, 4) is 0 Å². The molecule has 1 aromatic heterocycles. The zero-order valence-corrected chi connectivity index (χ0v) is 18.6. The molecule has 1 rings (SSSR count). The summed E-state index contributed by atoms with van der Waals surface area (Å²) in [5.41, 5.74) is -0.771. The molecule has 1 aromatic rings. The Kier molecular flexibility index (Phi) is 8.36. The van der Waals surface area contributed by atoms with Gasteiger partial charge in [0.15, 0.2) is 0 Å². The van der Waals surface area contributed by atoms with Crippen LogP contribution in [0.5, 0.6) is 0 Å². The van der Waals surface area contributed by atoms with Crippen molar-refractivity contribution in [2.24, 2.45) is 0 Å². The highest BCUT2D eigenvalue weighted by molar-refractivity contribution is 14.1. The van der Waals surface area contributed by atoms with E-state index in [4.69, 9.17) is 17.3 Å². The molecule has 0 aromatic carbocycles. The smallest absolute Gasteiger partial charge is 0.408 e. The Bertz CT molecular complexity index is 760. The van der Waals surface area contributed by atoms with Crippen molar-refractivity contribution in [2.75, 3.05) is 13.2 Å². The van der Waals surface area contributed by atoms with Crippen LogP contribution in [0.15, 0.2) is 11.0 Å². The molecule has 2 N–H and O–H groups in total. The summed E-state index contributed by atoms with van der Waals surface area (Å²) in [6.45, 7) is 6.28. The van der Waals surface area contributed by atoms with Crippen molar-refractivity contribution >= 4 is 68.6 Å². The number of alkyl carbamates (subject to hydrolysis) is 1. The summed E-state index contributed by atoms with van der Waals surface area (Å²) >= 11 is 2.99. The van der Waals surface area contributed by atoms with E-state index in [1.165, 1.54) is 6.07 Å². The predicted molar refractivity (Wildman–Crippen MR) is 107 cm³/mol. The van der Waals surface area contributed by atoms with Gasteiger partial charge in [-0.05, 0) is 61.1 Å². The number of hydrogen-bond donors (Lipinski definition) is 2. The molecule has 26 heavy (non-hydrogen) atoms. The predicted octanol–water partition coefficient (Wildman–Crippen LogP) is 0.881. The van der Waals surface area contributed by atoms with Gasteiger partial charge >= 0.3 is 12.1 Å². The molecule has 1 atom stereocenters. The van der Waals surface area contributed by atoms with Gasteiger partial charge in [0.1, 0.15) is 24.4 Å². The lowest BCUT2D eigenvalue weighted by Crippen LogP contribution is -2.50. The zero-order valence-electron chi connectivity index (χ0n) is 14.8. The fourth-order valence-corrected chi connectivity index (χ4v) is 5.60. The Morgan fingerprint density at radius 2 is 2.00 bits per heavy atom. The van der Waals surface area contributed by atoms with Crippen LogP contribution in [-0.4, -0.2) is 53.1 Å².